The van der Waals surface area contributed by atoms with E-state index in [1.54, 1.807) is 0 Å². The highest BCUT2D eigenvalue weighted by Gasteiger charge is 2.12. The minimum Gasteiger partial charge on any atom is -0.397 e. The van der Waals surface area contributed by atoms with Gasteiger partial charge in [0.15, 0.2) is 0 Å². The number of nitrogen functional groups attached to an aromatic ring is 2. The molecule has 13 heavy (non-hydrogen) atoms. The number of benzene rings is 1. The van der Waals surface area contributed by atoms with Gasteiger partial charge in [-0.05, 0) is 13.8 Å². The minimum atomic E-state index is 0.623. The summed E-state index contributed by atoms with van der Waals surface area (Å²) in [6, 6.07) is 0. The molecule has 0 unspecified atom stereocenters. The Kier molecular flexibility index (Phi) is 1.63. The molecule has 0 aliphatic rings. The van der Waals surface area contributed by atoms with Crippen molar-refractivity contribution < 1.29 is 0 Å². The van der Waals surface area contributed by atoms with Crippen molar-refractivity contribution in [1.82, 2.24) is 8.75 Å². The summed E-state index contributed by atoms with van der Waals surface area (Å²) >= 11 is 1.19. The predicted molar refractivity (Wildman–Crippen MR) is 55.7 cm³/mol. The zero-order valence-corrected chi connectivity index (χ0v) is 8.27. The van der Waals surface area contributed by atoms with Gasteiger partial charge >= 0.3 is 0 Å². The number of aryl methyl sites for hydroxylation is 2. The van der Waals surface area contributed by atoms with E-state index in [0.29, 0.717) is 11.4 Å². The zero-order valence-electron chi connectivity index (χ0n) is 7.46. The van der Waals surface area contributed by atoms with Gasteiger partial charge < -0.3 is 11.5 Å². The van der Waals surface area contributed by atoms with Gasteiger partial charge in [0, 0.05) is 11.1 Å². The maximum absolute atomic E-state index is 5.82. The molecule has 2 rings (SSSR count). The van der Waals surface area contributed by atoms with Crippen molar-refractivity contribution in [2.45, 2.75) is 13.8 Å². The van der Waals surface area contributed by atoms with Gasteiger partial charge in [-0.25, -0.2) is 0 Å². The highest BCUT2D eigenvalue weighted by atomic mass is 32.1. The van der Waals surface area contributed by atoms with Crippen LogP contribution >= 0.6 is 11.7 Å². The van der Waals surface area contributed by atoms with Crippen LogP contribution in [-0.2, 0) is 0 Å². The molecule has 0 aliphatic heterocycles. The lowest BCUT2D eigenvalue weighted by Crippen LogP contribution is -2.01. The largest absolute Gasteiger partial charge is 0.397 e. The van der Waals surface area contributed by atoms with E-state index < -0.39 is 0 Å². The third-order valence-corrected chi connectivity index (χ3v) is 2.83. The fourth-order valence-corrected chi connectivity index (χ4v) is 1.99. The molecule has 1 aromatic carbocycles. The second kappa shape index (κ2) is 2.56. The monoisotopic (exact) mass is 194 g/mol. The molecule has 1 aromatic heterocycles. The average molecular weight is 194 g/mol. The van der Waals surface area contributed by atoms with E-state index in [1.165, 1.54) is 11.7 Å². The summed E-state index contributed by atoms with van der Waals surface area (Å²) in [5.74, 6) is 0. The predicted octanol–water partition coefficient (Wildman–Crippen LogP) is 1.47. The molecule has 2 aromatic rings. The van der Waals surface area contributed by atoms with E-state index in [-0.39, 0.29) is 0 Å². The molecule has 68 valence electrons. The van der Waals surface area contributed by atoms with Crippen LogP contribution in [0.3, 0.4) is 0 Å². The lowest BCUT2D eigenvalue weighted by atomic mass is 10.1. The smallest absolute Gasteiger partial charge is 0.110 e. The number of hydrogen-bond donors (Lipinski definition) is 2. The number of nitrogens with zero attached hydrogens (tertiary/aromatic N) is 2. The molecule has 4 N–H and O–H groups in total. The molecule has 4 nitrogen and oxygen atoms in total. The van der Waals surface area contributed by atoms with Gasteiger partial charge in [0.1, 0.15) is 11.0 Å². The number of fused-ring (bicyclic) bond motifs is 1. The van der Waals surface area contributed by atoms with Crippen LogP contribution in [0.1, 0.15) is 11.1 Å². The molecule has 0 atom stereocenters. The second-order valence-electron chi connectivity index (χ2n) is 3.04. The summed E-state index contributed by atoms with van der Waals surface area (Å²) in [6.07, 6.45) is 0. The number of aromatic nitrogens is 2. The molecule has 0 saturated carbocycles. The second-order valence-corrected chi connectivity index (χ2v) is 3.57. The van der Waals surface area contributed by atoms with Gasteiger partial charge in [-0.3, -0.25) is 0 Å². The van der Waals surface area contributed by atoms with Crippen LogP contribution in [-0.4, -0.2) is 8.75 Å². The number of nitrogens with two attached hydrogens (primary N) is 2. The van der Waals surface area contributed by atoms with Crippen LogP contribution in [0, 0.1) is 13.8 Å². The van der Waals surface area contributed by atoms with Crippen LogP contribution in [0.2, 0.25) is 0 Å². The topological polar surface area (TPSA) is 77.8 Å². The van der Waals surface area contributed by atoms with Crippen molar-refractivity contribution in [1.29, 1.82) is 0 Å². The fraction of sp³-hybridized carbons (Fsp3) is 0.250. The van der Waals surface area contributed by atoms with Crippen LogP contribution in [0.5, 0.6) is 0 Å². The maximum Gasteiger partial charge on any atom is 0.110 e. The Morgan fingerprint density at radius 2 is 1.31 bits per heavy atom. The van der Waals surface area contributed by atoms with Crippen molar-refractivity contribution in [2.75, 3.05) is 11.5 Å². The normalized spacial score (nSPS) is 10.9. The molecule has 5 heteroatoms. The van der Waals surface area contributed by atoms with Gasteiger partial charge in [0.25, 0.3) is 0 Å². The Morgan fingerprint density at radius 3 is 1.69 bits per heavy atom. The summed E-state index contributed by atoms with van der Waals surface area (Å²) in [5.41, 5.74) is 16.5. The van der Waals surface area contributed by atoms with Gasteiger partial charge in [-0.1, -0.05) is 0 Å². The Balaban J connectivity index is 3.02. The molecule has 0 aliphatic carbocycles. The number of anilines is 2. The van der Waals surface area contributed by atoms with E-state index in [1.807, 2.05) is 13.8 Å². The van der Waals surface area contributed by atoms with Gasteiger partial charge in [-0.15, -0.1) is 0 Å². The van der Waals surface area contributed by atoms with Gasteiger partial charge in [0.2, 0.25) is 0 Å². The summed E-state index contributed by atoms with van der Waals surface area (Å²) in [7, 11) is 0. The van der Waals surface area contributed by atoms with E-state index in [2.05, 4.69) is 8.75 Å². The van der Waals surface area contributed by atoms with Crippen molar-refractivity contribution in [3.8, 4) is 0 Å². The fourth-order valence-electron chi connectivity index (χ4n) is 1.34. The molecular formula is C8H10N4S. The standard InChI is InChI=1S/C8H10N4S/c1-3-5(9)6(10)4(2)8-7(3)11-13-12-8/h9-10H2,1-2H3. The van der Waals surface area contributed by atoms with E-state index in [0.717, 1.165) is 22.2 Å². The Labute approximate surface area is 79.9 Å². The van der Waals surface area contributed by atoms with Crippen LogP contribution in [0.4, 0.5) is 11.4 Å². The summed E-state index contributed by atoms with van der Waals surface area (Å²) in [5, 5.41) is 0. The van der Waals surface area contributed by atoms with Crippen LogP contribution in [0.15, 0.2) is 0 Å². The third-order valence-electron chi connectivity index (χ3n) is 2.30. The first kappa shape index (κ1) is 8.25. The molecule has 0 saturated heterocycles. The number of hydrogen-bond acceptors (Lipinski definition) is 5. The number of rotatable bonds is 0. The summed E-state index contributed by atoms with van der Waals surface area (Å²) in [4.78, 5) is 0. The molecule has 1 heterocycles. The average Bonchev–Trinajstić information content (AvgIpc) is 2.59. The molecule has 0 fully saturated rings. The van der Waals surface area contributed by atoms with E-state index in [4.69, 9.17) is 11.5 Å². The Bertz CT molecular complexity index is 432. The van der Waals surface area contributed by atoms with Gasteiger partial charge in [-0.2, -0.15) is 8.75 Å². The van der Waals surface area contributed by atoms with Gasteiger partial charge in [0.05, 0.1) is 23.1 Å². The van der Waals surface area contributed by atoms with E-state index >= 15 is 0 Å². The molecular weight excluding hydrogens is 184 g/mol. The SMILES string of the molecule is Cc1c(N)c(N)c(C)c2nsnc12. The van der Waals surface area contributed by atoms with E-state index in [9.17, 15) is 0 Å². The van der Waals surface area contributed by atoms with Crippen LogP contribution in [0.25, 0.3) is 11.0 Å². The molecule has 0 bridgehead atoms. The highest BCUT2D eigenvalue weighted by Crippen LogP contribution is 2.31. The lowest BCUT2D eigenvalue weighted by Gasteiger charge is -2.07. The maximum atomic E-state index is 5.82. The first-order valence-electron chi connectivity index (χ1n) is 3.89. The van der Waals surface area contributed by atoms with Crippen LogP contribution < -0.4 is 11.5 Å². The molecule has 0 amide bonds. The first-order chi connectivity index (χ1) is 6.13. The lowest BCUT2D eigenvalue weighted by molar-refractivity contribution is 1.42. The highest BCUT2D eigenvalue weighted by molar-refractivity contribution is 7.00. The van der Waals surface area contributed by atoms with Crippen molar-refractivity contribution in [2.24, 2.45) is 0 Å². The molecule has 0 radical (unpaired) electrons. The van der Waals surface area contributed by atoms with Crippen molar-refractivity contribution in [3.63, 3.8) is 0 Å². The summed E-state index contributed by atoms with van der Waals surface area (Å²) < 4.78 is 8.35. The Morgan fingerprint density at radius 1 is 0.923 bits per heavy atom. The third kappa shape index (κ3) is 0.968. The quantitative estimate of drug-likeness (QED) is 0.622. The molecule has 0 spiro atoms. The summed E-state index contributed by atoms with van der Waals surface area (Å²) in [6.45, 7) is 3.82. The van der Waals surface area contributed by atoms with Crippen molar-refractivity contribution >= 4 is 34.1 Å². The van der Waals surface area contributed by atoms with Crippen molar-refractivity contribution in [3.05, 3.63) is 11.1 Å². The Hall–Kier alpha value is -1.36. The minimum absolute atomic E-state index is 0.623. The zero-order chi connectivity index (χ0) is 9.59. The first-order valence-corrected chi connectivity index (χ1v) is 4.62.